The molecule has 4 unspecified atom stereocenters. The quantitative estimate of drug-likeness (QED) is 0.292. The van der Waals surface area contributed by atoms with E-state index in [0.29, 0.717) is 22.8 Å². The molecule has 42 heavy (non-hydrogen) atoms. The minimum absolute atomic E-state index is 0.0555. The lowest BCUT2D eigenvalue weighted by molar-refractivity contribution is -0.151. The number of para-hydroxylation sites is 1. The van der Waals surface area contributed by atoms with E-state index in [1.165, 1.54) is 23.8 Å². The molecule has 2 fully saturated rings. The van der Waals surface area contributed by atoms with Crippen molar-refractivity contribution in [2.45, 2.75) is 24.6 Å². The zero-order valence-electron chi connectivity index (χ0n) is 23.6. The van der Waals surface area contributed by atoms with Gasteiger partial charge in [0.2, 0.25) is 11.8 Å². The van der Waals surface area contributed by atoms with Gasteiger partial charge in [-0.2, -0.15) is 11.8 Å². The van der Waals surface area contributed by atoms with E-state index in [1.54, 1.807) is 24.3 Å². The number of hydrogen-bond acceptors (Lipinski definition) is 7. The van der Waals surface area contributed by atoms with Gasteiger partial charge in [-0.3, -0.25) is 24.6 Å². The number of benzene rings is 3. The van der Waals surface area contributed by atoms with E-state index in [2.05, 4.69) is 5.32 Å². The van der Waals surface area contributed by atoms with Gasteiger partial charge in [-0.1, -0.05) is 84.9 Å². The fourth-order valence-electron chi connectivity index (χ4n) is 5.99. The molecule has 0 aromatic heterocycles. The lowest BCUT2D eigenvalue weighted by atomic mass is 9.78. The van der Waals surface area contributed by atoms with Crippen molar-refractivity contribution in [1.82, 2.24) is 10.2 Å². The number of likely N-dealkylation sites (tertiary alicyclic amines) is 1. The molecule has 0 saturated carbocycles. The number of nitrogens with one attached hydrogen (secondary N) is 1. The van der Waals surface area contributed by atoms with Crippen LogP contribution in [0.3, 0.4) is 0 Å². The Balaban J connectivity index is 1.53. The van der Waals surface area contributed by atoms with Crippen LogP contribution in [-0.4, -0.2) is 59.0 Å². The highest BCUT2D eigenvalue weighted by atomic mass is 32.2. The highest BCUT2D eigenvalue weighted by Crippen LogP contribution is 2.52. The molecule has 8 nitrogen and oxygen atoms in total. The third-order valence-corrected chi connectivity index (χ3v) is 8.63. The molecule has 2 N–H and O–H groups in total. The van der Waals surface area contributed by atoms with Crippen molar-refractivity contribution in [1.29, 1.82) is 0 Å². The first-order valence-corrected chi connectivity index (χ1v) is 15.2. The van der Waals surface area contributed by atoms with Crippen LogP contribution in [0.25, 0.3) is 6.08 Å². The molecule has 9 heteroatoms. The van der Waals surface area contributed by atoms with E-state index in [-0.39, 0.29) is 19.6 Å². The minimum Gasteiger partial charge on any atom is -0.493 e. The second-order valence-electron chi connectivity index (χ2n) is 10.4. The molecule has 0 bridgehead atoms. The number of imide groups is 1. The van der Waals surface area contributed by atoms with Crippen molar-refractivity contribution in [3.05, 3.63) is 102 Å². The van der Waals surface area contributed by atoms with E-state index in [9.17, 15) is 19.5 Å². The molecule has 5 rings (SSSR count). The molecule has 2 aliphatic rings. The molecule has 0 radical (unpaired) electrons. The van der Waals surface area contributed by atoms with Crippen LogP contribution in [0.15, 0.2) is 84.9 Å². The van der Waals surface area contributed by atoms with Gasteiger partial charge in [0.15, 0.2) is 11.5 Å². The van der Waals surface area contributed by atoms with Crippen molar-refractivity contribution < 1.29 is 29.0 Å². The van der Waals surface area contributed by atoms with Crippen LogP contribution in [0.4, 0.5) is 0 Å². The molecule has 0 spiro atoms. The van der Waals surface area contributed by atoms with E-state index in [0.717, 1.165) is 11.1 Å². The molecule has 0 aliphatic carbocycles. The van der Waals surface area contributed by atoms with Gasteiger partial charge >= 0.3 is 5.97 Å². The lowest BCUT2D eigenvalue weighted by Gasteiger charge is -2.31. The summed E-state index contributed by atoms with van der Waals surface area (Å²) in [7, 11) is 1.53. The standard InChI is InChI=1S/C33H34N2O6S/c1-40-25-17-9-16-24(29(25)41-21-23-13-7-4-8-14-23)28-26-27(33(34-28,32(38)39)18-20-42-2)31(37)35(30(26)36)19-10-15-22-11-5-3-6-12-22/h3-17,26-28,34H,18-21H2,1-2H3,(H,38,39)/b15-10+. The highest BCUT2D eigenvalue weighted by Gasteiger charge is 2.68. The van der Waals surface area contributed by atoms with Crippen LogP contribution in [0.1, 0.15) is 29.2 Å². The number of carbonyl (C=O) groups is 3. The van der Waals surface area contributed by atoms with Crippen LogP contribution in [0, 0.1) is 11.8 Å². The smallest absolute Gasteiger partial charge is 0.324 e. The topological polar surface area (TPSA) is 105 Å². The molecule has 4 atom stereocenters. The van der Waals surface area contributed by atoms with Gasteiger partial charge in [-0.25, -0.2) is 0 Å². The zero-order valence-corrected chi connectivity index (χ0v) is 24.4. The number of carboxylic acids is 1. The summed E-state index contributed by atoms with van der Waals surface area (Å²) < 4.78 is 11.9. The van der Waals surface area contributed by atoms with Gasteiger partial charge < -0.3 is 14.6 Å². The van der Waals surface area contributed by atoms with E-state index < -0.39 is 41.2 Å². The maximum absolute atomic E-state index is 14.0. The predicted molar refractivity (Wildman–Crippen MR) is 162 cm³/mol. The van der Waals surface area contributed by atoms with Gasteiger partial charge in [0.05, 0.1) is 18.9 Å². The average molecular weight is 587 g/mol. The Kier molecular flexibility index (Phi) is 8.99. The van der Waals surface area contributed by atoms with Crippen LogP contribution in [0.5, 0.6) is 11.5 Å². The van der Waals surface area contributed by atoms with Crippen molar-refractivity contribution in [3.63, 3.8) is 0 Å². The molecule has 2 aliphatic heterocycles. The van der Waals surface area contributed by atoms with Gasteiger partial charge in [0, 0.05) is 18.2 Å². The summed E-state index contributed by atoms with van der Waals surface area (Å²) in [5, 5.41) is 13.9. The van der Waals surface area contributed by atoms with Crippen molar-refractivity contribution >= 4 is 35.6 Å². The fraction of sp³-hybridized carbons (Fsp3) is 0.303. The van der Waals surface area contributed by atoms with Gasteiger partial charge in [0.1, 0.15) is 12.1 Å². The number of methoxy groups -OCH3 is 1. The van der Waals surface area contributed by atoms with Gasteiger partial charge in [-0.05, 0) is 35.6 Å². The number of carboxylic acid groups (broad SMARTS) is 1. The second kappa shape index (κ2) is 12.8. The Morgan fingerprint density at radius 2 is 1.74 bits per heavy atom. The Bertz CT molecular complexity index is 1460. The number of carbonyl (C=O) groups excluding carboxylic acids is 2. The maximum atomic E-state index is 14.0. The summed E-state index contributed by atoms with van der Waals surface area (Å²) in [5.41, 5.74) is 0.834. The number of ether oxygens (including phenoxy) is 2. The number of amides is 2. The Morgan fingerprint density at radius 3 is 2.40 bits per heavy atom. The number of aliphatic carboxylic acids is 1. The van der Waals surface area contributed by atoms with E-state index in [1.807, 2.05) is 73.0 Å². The number of fused-ring (bicyclic) bond motifs is 1. The SMILES string of the molecule is COc1cccc(C2NC(CCSC)(C(=O)O)C3C(=O)N(C/C=C/c4ccccc4)C(=O)C23)c1OCc1ccccc1. The minimum atomic E-state index is -1.62. The van der Waals surface area contributed by atoms with Crippen LogP contribution in [0.2, 0.25) is 0 Å². The van der Waals surface area contributed by atoms with E-state index in [4.69, 9.17) is 9.47 Å². The largest absolute Gasteiger partial charge is 0.493 e. The van der Waals surface area contributed by atoms with Crippen LogP contribution >= 0.6 is 11.8 Å². The second-order valence-corrected chi connectivity index (χ2v) is 11.4. The molecule has 218 valence electrons. The Hall–Kier alpha value is -4.08. The summed E-state index contributed by atoms with van der Waals surface area (Å²) in [6, 6.07) is 23.8. The number of thioether (sulfide) groups is 1. The summed E-state index contributed by atoms with van der Waals surface area (Å²) in [6.45, 7) is 0.300. The first-order valence-electron chi connectivity index (χ1n) is 13.8. The third-order valence-electron chi connectivity index (χ3n) is 8.02. The summed E-state index contributed by atoms with van der Waals surface area (Å²) in [6.07, 6.45) is 5.68. The summed E-state index contributed by atoms with van der Waals surface area (Å²) in [5.74, 6) is -2.65. The fourth-order valence-corrected chi connectivity index (χ4v) is 6.51. The first kappa shape index (κ1) is 29.4. The van der Waals surface area contributed by atoms with Crippen molar-refractivity contribution in [2.24, 2.45) is 11.8 Å². The molecule has 2 amide bonds. The molecule has 2 saturated heterocycles. The number of hydrogen-bond donors (Lipinski definition) is 2. The normalized spacial score (nSPS) is 23.4. The molecular formula is C33H34N2O6S. The number of rotatable bonds is 12. The van der Waals surface area contributed by atoms with Crippen molar-refractivity contribution in [2.75, 3.05) is 25.7 Å². The summed E-state index contributed by atoms with van der Waals surface area (Å²) >= 11 is 1.50. The Morgan fingerprint density at radius 1 is 1.02 bits per heavy atom. The maximum Gasteiger partial charge on any atom is 0.324 e. The Labute approximate surface area is 249 Å². The molecule has 3 aromatic rings. The molecule has 2 heterocycles. The third kappa shape index (κ3) is 5.54. The van der Waals surface area contributed by atoms with E-state index >= 15 is 0 Å². The first-order chi connectivity index (χ1) is 20.4. The van der Waals surface area contributed by atoms with Gasteiger partial charge in [0.25, 0.3) is 0 Å². The lowest BCUT2D eigenvalue weighted by Crippen LogP contribution is -2.56. The monoisotopic (exact) mass is 586 g/mol. The summed E-state index contributed by atoms with van der Waals surface area (Å²) in [4.78, 5) is 42.1. The van der Waals surface area contributed by atoms with Gasteiger partial charge in [-0.15, -0.1) is 0 Å². The average Bonchev–Trinajstić information content (AvgIpc) is 3.49. The van der Waals surface area contributed by atoms with Crippen LogP contribution < -0.4 is 14.8 Å². The van der Waals surface area contributed by atoms with Crippen molar-refractivity contribution in [3.8, 4) is 11.5 Å². The highest BCUT2D eigenvalue weighted by molar-refractivity contribution is 7.98. The predicted octanol–water partition coefficient (Wildman–Crippen LogP) is 4.81. The van der Waals surface area contributed by atoms with Crippen LogP contribution in [-0.2, 0) is 21.0 Å². The number of nitrogens with zero attached hydrogens (tertiary/aromatic N) is 1. The zero-order chi connectivity index (χ0) is 29.7. The molecule has 3 aromatic carbocycles. The molecular weight excluding hydrogens is 552 g/mol.